The topological polar surface area (TPSA) is 98.8 Å². The molecule has 6 nitrogen and oxygen atoms in total. The number of anilines is 1. The van der Waals surface area contributed by atoms with Crippen molar-refractivity contribution in [1.82, 2.24) is 15.0 Å². The van der Waals surface area contributed by atoms with Gasteiger partial charge in [-0.1, -0.05) is 18.2 Å². The Morgan fingerprint density at radius 3 is 2.36 bits per heavy atom. The number of pyridine rings is 1. The first kappa shape index (κ1) is 14.2. The fraction of sp³-hybridized carbons (Fsp3) is 0. The zero-order valence-corrected chi connectivity index (χ0v) is 12.2. The fourth-order valence-electron chi connectivity index (χ4n) is 1.95. The third kappa shape index (κ3) is 2.53. The molecule has 0 aliphatic rings. The van der Waals surface area contributed by atoms with Crippen molar-refractivity contribution in [3.8, 4) is 11.4 Å². The number of hydrogen-bond acceptors (Lipinski definition) is 6. The number of nitrogens with zero attached hydrogens (tertiary/aromatic N) is 3. The van der Waals surface area contributed by atoms with Crippen molar-refractivity contribution in [1.29, 1.82) is 0 Å². The Bertz CT molecular complexity index is 897. The molecule has 7 heteroatoms. The molecule has 22 heavy (non-hydrogen) atoms. The normalized spacial score (nSPS) is 11.3. The zero-order valence-electron chi connectivity index (χ0n) is 11.4. The molecule has 0 aliphatic carbocycles. The van der Waals surface area contributed by atoms with E-state index in [2.05, 4.69) is 15.0 Å². The molecule has 0 bridgehead atoms. The average Bonchev–Trinajstić information content (AvgIpc) is 2.56. The summed E-state index contributed by atoms with van der Waals surface area (Å²) in [6.07, 6.45) is 4.44. The lowest BCUT2D eigenvalue weighted by atomic mass is 10.3. The van der Waals surface area contributed by atoms with Crippen LogP contribution in [0, 0.1) is 0 Å². The van der Waals surface area contributed by atoms with Crippen LogP contribution in [-0.2, 0) is 9.84 Å². The maximum atomic E-state index is 12.5. The summed E-state index contributed by atoms with van der Waals surface area (Å²) in [5.74, 6) is 0.246. The van der Waals surface area contributed by atoms with Gasteiger partial charge in [0.2, 0.25) is 9.84 Å². The number of aromatic nitrogens is 3. The predicted molar refractivity (Wildman–Crippen MR) is 81.6 cm³/mol. The van der Waals surface area contributed by atoms with Gasteiger partial charge < -0.3 is 5.73 Å². The van der Waals surface area contributed by atoms with E-state index < -0.39 is 9.84 Å². The minimum atomic E-state index is -3.73. The van der Waals surface area contributed by atoms with Crippen molar-refractivity contribution in [2.45, 2.75) is 9.79 Å². The molecule has 1 aromatic carbocycles. The monoisotopic (exact) mass is 312 g/mol. The van der Waals surface area contributed by atoms with Crippen LogP contribution in [0.3, 0.4) is 0 Å². The predicted octanol–water partition coefficient (Wildman–Crippen LogP) is 1.95. The first-order valence-corrected chi connectivity index (χ1v) is 7.90. The number of nitrogens with two attached hydrogens (primary N) is 1. The van der Waals surface area contributed by atoms with Gasteiger partial charge in [0.25, 0.3) is 0 Å². The molecule has 0 atom stereocenters. The van der Waals surface area contributed by atoms with Gasteiger partial charge in [0.15, 0.2) is 5.82 Å². The van der Waals surface area contributed by atoms with Crippen molar-refractivity contribution in [2.24, 2.45) is 0 Å². The largest absolute Gasteiger partial charge is 0.382 e. The van der Waals surface area contributed by atoms with Crippen LogP contribution in [0.4, 0.5) is 5.82 Å². The van der Waals surface area contributed by atoms with E-state index in [-0.39, 0.29) is 15.6 Å². The molecule has 3 aromatic rings. The van der Waals surface area contributed by atoms with Crippen molar-refractivity contribution in [3.05, 3.63) is 61.1 Å². The Balaban J connectivity index is 2.07. The fourth-order valence-corrected chi connectivity index (χ4v) is 3.23. The molecule has 0 spiro atoms. The minimum Gasteiger partial charge on any atom is -0.382 e. The van der Waals surface area contributed by atoms with Crippen molar-refractivity contribution in [2.75, 3.05) is 5.73 Å². The van der Waals surface area contributed by atoms with Crippen LogP contribution in [-0.4, -0.2) is 23.4 Å². The van der Waals surface area contributed by atoms with Crippen molar-refractivity contribution < 1.29 is 8.42 Å². The van der Waals surface area contributed by atoms with Gasteiger partial charge in [-0.3, -0.25) is 4.98 Å². The first-order valence-electron chi connectivity index (χ1n) is 6.42. The Morgan fingerprint density at radius 1 is 0.955 bits per heavy atom. The number of benzene rings is 1. The van der Waals surface area contributed by atoms with Crippen molar-refractivity contribution in [3.63, 3.8) is 0 Å². The molecule has 2 heterocycles. The number of sulfone groups is 1. The molecule has 110 valence electrons. The molecular weight excluding hydrogens is 300 g/mol. The molecule has 0 aliphatic heterocycles. The van der Waals surface area contributed by atoms with Crippen LogP contribution in [0.1, 0.15) is 0 Å². The van der Waals surface area contributed by atoms with Gasteiger partial charge in [-0.05, 0) is 24.3 Å². The van der Waals surface area contributed by atoms with E-state index in [9.17, 15) is 8.42 Å². The summed E-state index contributed by atoms with van der Waals surface area (Å²) in [5, 5.41) is 0. The van der Waals surface area contributed by atoms with Gasteiger partial charge in [0, 0.05) is 18.0 Å². The van der Waals surface area contributed by atoms with Gasteiger partial charge in [-0.25, -0.2) is 18.4 Å². The Morgan fingerprint density at radius 2 is 1.73 bits per heavy atom. The maximum Gasteiger partial charge on any atom is 0.211 e. The lowest BCUT2D eigenvalue weighted by molar-refractivity contribution is 0.595. The molecule has 0 unspecified atom stereocenters. The van der Waals surface area contributed by atoms with Gasteiger partial charge in [0.1, 0.15) is 10.7 Å². The molecule has 0 saturated carbocycles. The molecule has 3 rings (SSSR count). The van der Waals surface area contributed by atoms with Gasteiger partial charge in [-0.15, -0.1) is 0 Å². The van der Waals surface area contributed by atoms with Gasteiger partial charge >= 0.3 is 0 Å². The summed E-state index contributed by atoms with van der Waals surface area (Å²) in [7, 11) is -3.73. The molecule has 0 radical (unpaired) electrons. The van der Waals surface area contributed by atoms with Crippen LogP contribution in [0.5, 0.6) is 0 Å². The second kappa shape index (κ2) is 5.53. The standard InChI is InChI=1S/C15H12N4O2S/c16-14-13(22(20,21)12-6-2-1-3-7-12)10-18-15(19-14)11-5-4-8-17-9-11/h1-10H,(H2,16,18,19). The quantitative estimate of drug-likeness (QED) is 0.793. The summed E-state index contributed by atoms with van der Waals surface area (Å²) >= 11 is 0. The van der Waals surface area contributed by atoms with Crippen LogP contribution in [0.25, 0.3) is 11.4 Å². The lowest BCUT2D eigenvalue weighted by Gasteiger charge is -2.08. The third-order valence-corrected chi connectivity index (χ3v) is 4.83. The van der Waals surface area contributed by atoms with Gasteiger partial charge in [0.05, 0.1) is 11.1 Å². The van der Waals surface area contributed by atoms with Crippen molar-refractivity contribution >= 4 is 15.7 Å². The summed E-state index contributed by atoms with van der Waals surface area (Å²) < 4.78 is 25.1. The maximum absolute atomic E-state index is 12.5. The first-order chi connectivity index (χ1) is 10.6. The van der Waals surface area contributed by atoms with Gasteiger partial charge in [-0.2, -0.15) is 0 Å². The molecule has 0 saturated heterocycles. The van der Waals surface area contributed by atoms with E-state index in [1.807, 2.05) is 0 Å². The van der Waals surface area contributed by atoms with E-state index in [0.717, 1.165) is 0 Å². The second-order valence-electron chi connectivity index (χ2n) is 4.50. The highest BCUT2D eigenvalue weighted by Crippen LogP contribution is 2.25. The number of nitrogen functional groups attached to an aromatic ring is 1. The highest BCUT2D eigenvalue weighted by atomic mass is 32.2. The van der Waals surface area contributed by atoms with E-state index in [0.29, 0.717) is 11.4 Å². The van der Waals surface area contributed by atoms with E-state index in [4.69, 9.17) is 5.73 Å². The summed E-state index contributed by atoms with van der Waals surface area (Å²) in [6, 6.07) is 11.6. The smallest absolute Gasteiger partial charge is 0.211 e. The van der Waals surface area contributed by atoms with E-state index >= 15 is 0 Å². The summed E-state index contributed by atoms with van der Waals surface area (Å²) in [6.45, 7) is 0. The molecular formula is C15H12N4O2S. The van der Waals surface area contributed by atoms with Crippen LogP contribution in [0.2, 0.25) is 0 Å². The Hall–Kier alpha value is -2.80. The SMILES string of the molecule is Nc1nc(-c2cccnc2)ncc1S(=O)(=O)c1ccccc1. The molecule has 2 N–H and O–H groups in total. The third-order valence-electron chi connectivity index (χ3n) is 3.05. The van der Waals surface area contributed by atoms with Crippen LogP contribution in [0.15, 0.2) is 70.8 Å². The second-order valence-corrected chi connectivity index (χ2v) is 6.42. The zero-order chi connectivity index (χ0) is 15.6. The summed E-state index contributed by atoms with van der Waals surface area (Å²) in [4.78, 5) is 12.2. The lowest BCUT2D eigenvalue weighted by Crippen LogP contribution is -2.08. The molecule has 0 amide bonds. The minimum absolute atomic E-state index is 0.0855. The van der Waals surface area contributed by atoms with Crippen LogP contribution < -0.4 is 5.73 Å². The Labute approximate surface area is 127 Å². The number of hydrogen-bond donors (Lipinski definition) is 1. The van der Waals surface area contributed by atoms with Crippen LogP contribution >= 0.6 is 0 Å². The van der Waals surface area contributed by atoms with E-state index in [1.165, 1.54) is 18.3 Å². The number of rotatable bonds is 3. The molecule has 2 aromatic heterocycles. The molecule has 0 fully saturated rings. The Kier molecular flexibility index (Phi) is 3.56. The average molecular weight is 312 g/mol. The highest BCUT2D eigenvalue weighted by Gasteiger charge is 2.22. The highest BCUT2D eigenvalue weighted by molar-refractivity contribution is 7.91. The summed E-state index contributed by atoms with van der Waals surface area (Å²) in [5.41, 5.74) is 6.50. The van der Waals surface area contributed by atoms with E-state index in [1.54, 1.807) is 42.7 Å².